The first-order valence-electron chi connectivity index (χ1n) is 6.55. The van der Waals surface area contributed by atoms with Gasteiger partial charge < -0.3 is 10.2 Å². The van der Waals surface area contributed by atoms with E-state index in [4.69, 9.17) is 0 Å². The summed E-state index contributed by atoms with van der Waals surface area (Å²) in [5.41, 5.74) is 2.10. The van der Waals surface area contributed by atoms with Crippen molar-refractivity contribution in [3.63, 3.8) is 0 Å². The summed E-state index contributed by atoms with van der Waals surface area (Å²) in [5, 5.41) is 3.02. The smallest absolute Gasteiger partial charge is 0.225 e. The second-order valence-electron chi connectivity index (χ2n) is 4.97. The Morgan fingerprint density at radius 1 is 1.63 bits per heavy atom. The van der Waals surface area contributed by atoms with E-state index in [1.54, 1.807) is 6.08 Å². The minimum atomic E-state index is 0.00420. The van der Waals surface area contributed by atoms with Gasteiger partial charge in [0.1, 0.15) is 0 Å². The fraction of sp³-hybridized carbons (Fsp3) is 0.500. The summed E-state index contributed by atoms with van der Waals surface area (Å²) in [7, 11) is 3.85. The Morgan fingerprint density at radius 2 is 2.42 bits per heavy atom. The normalized spacial score (nSPS) is 17.5. The fourth-order valence-electron chi connectivity index (χ4n) is 2.29. The summed E-state index contributed by atoms with van der Waals surface area (Å²) in [5.74, 6) is 0.723. The van der Waals surface area contributed by atoms with E-state index < -0.39 is 0 Å². The van der Waals surface area contributed by atoms with Crippen molar-refractivity contribution < 1.29 is 4.79 Å². The number of carbonyl (C=O) groups excluding carboxylic acids is 1. The van der Waals surface area contributed by atoms with Gasteiger partial charge in [-0.1, -0.05) is 6.08 Å². The molecule has 0 radical (unpaired) electrons. The topological polar surface area (TPSA) is 58.1 Å². The Kier molecular flexibility index (Phi) is 4.14. The average molecular weight is 260 g/mol. The summed E-state index contributed by atoms with van der Waals surface area (Å²) in [6.45, 7) is 3.58. The highest BCUT2D eigenvalue weighted by atomic mass is 16.1. The summed E-state index contributed by atoms with van der Waals surface area (Å²) >= 11 is 0. The molecule has 0 unspecified atom stereocenters. The van der Waals surface area contributed by atoms with Crippen LogP contribution in [0.3, 0.4) is 0 Å². The number of aryl methyl sites for hydroxylation is 1. The molecule has 0 spiro atoms. The Morgan fingerprint density at radius 3 is 3.11 bits per heavy atom. The van der Waals surface area contributed by atoms with Crippen molar-refractivity contribution in [3.05, 3.63) is 30.1 Å². The van der Waals surface area contributed by atoms with E-state index in [0.717, 1.165) is 36.5 Å². The molecule has 1 aliphatic carbocycles. The highest BCUT2D eigenvalue weighted by Gasteiger charge is 2.23. The van der Waals surface area contributed by atoms with E-state index in [-0.39, 0.29) is 11.9 Å². The maximum absolute atomic E-state index is 11.7. The van der Waals surface area contributed by atoms with Crippen LogP contribution < -0.4 is 10.2 Å². The third-order valence-corrected chi connectivity index (χ3v) is 3.23. The Hall–Kier alpha value is -1.91. The molecule has 1 amide bonds. The third-order valence-electron chi connectivity index (χ3n) is 3.23. The van der Waals surface area contributed by atoms with Crippen molar-refractivity contribution in [2.75, 3.05) is 19.0 Å². The Bertz CT molecular complexity index is 484. The predicted molar refractivity (Wildman–Crippen MR) is 75.0 cm³/mol. The molecule has 5 heteroatoms. The monoisotopic (exact) mass is 260 g/mol. The summed E-state index contributed by atoms with van der Waals surface area (Å²) in [6.07, 6.45) is 6.74. The second kappa shape index (κ2) is 5.82. The van der Waals surface area contributed by atoms with Gasteiger partial charge >= 0.3 is 0 Å². The molecule has 0 aliphatic heterocycles. The molecular formula is C14H20N4O. The maximum atomic E-state index is 11.7. The van der Waals surface area contributed by atoms with Crippen molar-refractivity contribution in [2.24, 2.45) is 0 Å². The lowest BCUT2D eigenvalue weighted by Gasteiger charge is -2.26. The molecule has 1 atom stereocenters. The van der Waals surface area contributed by atoms with Crippen LogP contribution in [0.2, 0.25) is 0 Å². The van der Waals surface area contributed by atoms with Crippen molar-refractivity contribution >= 4 is 11.9 Å². The number of aromatic nitrogens is 2. The van der Waals surface area contributed by atoms with Gasteiger partial charge in [-0.2, -0.15) is 0 Å². The van der Waals surface area contributed by atoms with Crippen LogP contribution in [-0.4, -0.2) is 30.0 Å². The van der Waals surface area contributed by atoms with Crippen LogP contribution in [-0.2, 0) is 11.2 Å². The first-order chi connectivity index (χ1) is 9.11. The van der Waals surface area contributed by atoms with E-state index in [9.17, 15) is 4.79 Å². The number of fused-ring (bicyclic) bond motifs is 1. The van der Waals surface area contributed by atoms with Crippen molar-refractivity contribution in [3.8, 4) is 0 Å². The van der Waals surface area contributed by atoms with E-state index in [1.165, 1.54) is 0 Å². The van der Waals surface area contributed by atoms with Crippen molar-refractivity contribution in [1.29, 1.82) is 0 Å². The first kappa shape index (κ1) is 13.5. The molecule has 0 saturated carbocycles. The van der Waals surface area contributed by atoms with Gasteiger partial charge in [0, 0.05) is 32.3 Å². The van der Waals surface area contributed by atoms with E-state index in [1.807, 2.05) is 25.2 Å². The molecule has 1 heterocycles. The van der Waals surface area contributed by atoms with Crippen molar-refractivity contribution in [2.45, 2.75) is 31.7 Å². The molecule has 1 aliphatic rings. The fourth-order valence-corrected chi connectivity index (χ4v) is 2.29. The van der Waals surface area contributed by atoms with Crippen LogP contribution in [0.15, 0.2) is 18.9 Å². The van der Waals surface area contributed by atoms with Gasteiger partial charge in [0.05, 0.1) is 11.7 Å². The second-order valence-corrected chi connectivity index (χ2v) is 4.97. The summed E-state index contributed by atoms with van der Waals surface area (Å²) < 4.78 is 0. The molecule has 2 rings (SSSR count). The largest absolute Gasteiger partial charge is 0.349 e. The molecule has 5 nitrogen and oxygen atoms in total. The molecule has 1 aromatic heterocycles. The van der Waals surface area contributed by atoms with E-state index >= 15 is 0 Å². The highest BCUT2D eigenvalue weighted by Crippen LogP contribution is 2.28. The third kappa shape index (κ3) is 3.10. The number of anilines is 1. The van der Waals surface area contributed by atoms with Crippen molar-refractivity contribution in [1.82, 2.24) is 15.3 Å². The number of amides is 1. The first-order valence-corrected chi connectivity index (χ1v) is 6.55. The number of hydrogen-bond donors (Lipinski definition) is 1. The predicted octanol–water partition coefficient (Wildman–Crippen LogP) is 1.61. The number of hydrogen-bond acceptors (Lipinski definition) is 4. The van der Waals surface area contributed by atoms with Crippen LogP contribution in [0.5, 0.6) is 0 Å². The van der Waals surface area contributed by atoms with Gasteiger partial charge in [0.2, 0.25) is 11.9 Å². The van der Waals surface area contributed by atoms with Gasteiger partial charge in [-0.05, 0) is 19.3 Å². The van der Waals surface area contributed by atoms with Crippen LogP contribution in [0.4, 0.5) is 5.95 Å². The molecule has 19 heavy (non-hydrogen) atoms. The Balaban J connectivity index is 2.19. The lowest BCUT2D eigenvalue weighted by Crippen LogP contribution is -2.31. The summed E-state index contributed by atoms with van der Waals surface area (Å²) in [4.78, 5) is 22.5. The molecular weight excluding hydrogens is 240 g/mol. The van der Waals surface area contributed by atoms with E-state index in [2.05, 4.69) is 21.9 Å². The zero-order valence-corrected chi connectivity index (χ0v) is 11.5. The van der Waals surface area contributed by atoms with E-state index in [0.29, 0.717) is 6.42 Å². The lowest BCUT2D eigenvalue weighted by molar-refractivity contribution is -0.121. The molecule has 0 saturated heterocycles. The quantitative estimate of drug-likeness (QED) is 0.836. The number of carbonyl (C=O) groups is 1. The minimum absolute atomic E-state index is 0.00420. The average Bonchev–Trinajstić information content (AvgIpc) is 2.38. The molecule has 1 N–H and O–H groups in total. The molecule has 0 bridgehead atoms. The number of rotatable bonds is 4. The van der Waals surface area contributed by atoms with Crippen LogP contribution in [0, 0.1) is 0 Å². The maximum Gasteiger partial charge on any atom is 0.225 e. The van der Waals surface area contributed by atoms with Gasteiger partial charge in [0.25, 0.3) is 0 Å². The molecule has 0 aromatic carbocycles. The lowest BCUT2D eigenvalue weighted by atomic mass is 9.92. The van der Waals surface area contributed by atoms with Gasteiger partial charge in [-0.15, -0.1) is 6.58 Å². The number of nitrogens with one attached hydrogen (secondary N) is 1. The van der Waals surface area contributed by atoms with Crippen LogP contribution >= 0.6 is 0 Å². The van der Waals surface area contributed by atoms with Crippen LogP contribution in [0.1, 0.15) is 36.6 Å². The van der Waals surface area contributed by atoms with Gasteiger partial charge in [-0.3, -0.25) is 4.79 Å². The highest BCUT2D eigenvalue weighted by molar-refractivity contribution is 5.77. The number of nitrogens with zero attached hydrogens (tertiary/aromatic N) is 3. The molecule has 0 fully saturated rings. The zero-order chi connectivity index (χ0) is 13.8. The standard InChI is InChI=1S/C14H20N4O/c1-4-6-13(19)16-11-7-5-8-12-10(11)9-15-14(17-12)18(2)3/h4,9,11H,1,5-8H2,2-3H3,(H,16,19)/t11-/m1/s1. The van der Waals surface area contributed by atoms with Gasteiger partial charge in [-0.25, -0.2) is 9.97 Å². The Labute approximate surface area is 113 Å². The SMILES string of the molecule is C=CCC(=O)N[C@@H]1CCCc2nc(N(C)C)ncc21. The van der Waals surface area contributed by atoms with Crippen LogP contribution in [0.25, 0.3) is 0 Å². The summed E-state index contributed by atoms with van der Waals surface area (Å²) in [6, 6.07) is 0.0346. The minimum Gasteiger partial charge on any atom is -0.349 e. The molecule has 1 aromatic rings. The van der Waals surface area contributed by atoms with Gasteiger partial charge in [0.15, 0.2) is 0 Å². The zero-order valence-electron chi connectivity index (χ0n) is 11.5. The molecule has 102 valence electrons.